The standard InChI is InChI=1S/C7H7N3O3/c8-1-5-2-9-4-10(5)3-6(11)7(12)13/h2,4,6,11H,3H2,(H,12,13)/t6-/m1/s1. The van der Waals surface area contributed by atoms with Crippen molar-refractivity contribution in [3.05, 3.63) is 18.2 Å². The fraction of sp³-hybridized carbons (Fsp3) is 0.286. The van der Waals surface area contributed by atoms with E-state index in [-0.39, 0.29) is 12.2 Å². The maximum absolute atomic E-state index is 10.3. The minimum atomic E-state index is -1.51. The van der Waals surface area contributed by atoms with Gasteiger partial charge >= 0.3 is 5.97 Å². The van der Waals surface area contributed by atoms with Crippen LogP contribution in [-0.4, -0.2) is 31.8 Å². The highest BCUT2D eigenvalue weighted by molar-refractivity contribution is 5.71. The second kappa shape index (κ2) is 3.69. The number of carbonyl (C=O) groups is 1. The number of aliphatic hydroxyl groups excluding tert-OH is 1. The fourth-order valence-corrected chi connectivity index (χ4v) is 0.824. The molecular weight excluding hydrogens is 174 g/mol. The van der Waals surface area contributed by atoms with Crippen LogP contribution >= 0.6 is 0 Å². The van der Waals surface area contributed by atoms with Gasteiger partial charge in [0.1, 0.15) is 11.8 Å². The van der Waals surface area contributed by atoms with Crippen molar-refractivity contribution in [3.63, 3.8) is 0 Å². The minimum Gasteiger partial charge on any atom is -0.479 e. The van der Waals surface area contributed by atoms with Crippen LogP contribution in [0.3, 0.4) is 0 Å². The topological polar surface area (TPSA) is 99.1 Å². The molecule has 0 saturated heterocycles. The third-order valence-corrected chi connectivity index (χ3v) is 1.48. The molecule has 13 heavy (non-hydrogen) atoms. The quantitative estimate of drug-likeness (QED) is 0.636. The lowest BCUT2D eigenvalue weighted by molar-refractivity contribution is -0.147. The van der Waals surface area contributed by atoms with Crippen LogP contribution in [0.2, 0.25) is 0 Å². The summed E-state index contributed by atoms with van der Waals surface area (Å²) in [5.41, 5.74) is 0.223. The summed E-state index contributed by atoms with van der Waals surface area (Å²) in [4.78, 5) is 13.9. The van der Waals surface area contributed by atoms with E-state index in [1.54, 1.807) is 0 Å². The van der Waals surface area contributed by atoms with Crippen molar-refractivity contribution in [1.82, 2.24) is 9.55 Å². The number of hydrogen-bond acceptors (Lipinski definition) is 4. The molecule has 0 bridgehead atoms. The normalized spacial score (nSPS) is 12.0. The van der Waals surface area contributed by atoms with E-state index in [0.29, 0.717) is 0 Å². The molecule has 0 amide bonds. The predicted octanol–water partition coefficient (Wildman–Crippen LogP) is -0.800. The summed E-state index contributed by atoms with van der Waals surface area (Å²) in [5, 5.41) is 25.9. The molecule has 68 valence electrons. The first kappa shape index (κ1) is 9.22. The van der Waals surface area contributed by atoms with E-state index in [2.05, 4.69) is 4.98 Å². The highest BCUT2D eigenvalue weighted by Gasteiger charge is 2.14. The minimum absolute atomic E-state index is 0.168. The number of hydrogen-bond donors (Lipinski definition) is 2. The maximum Gasteiger partial charge on any atom is 0.334 e. The number of aromatic nitrogens is 2. The highest BCUT2D eigenvalue weighted by Crippen LogP contribution is 1.99. The Balaban J connectivity index is 2.75. The van der Waals surface area contributed by atoms with Crippen LogP contribution < -0.4 is 0 Å². The maximum atomic E-state index is 10.3. The third-order valence-electron chi connectivity index (χ3n) is 1.48. The molecule has 2 N–H and O–H groups in total. The average molecular weight is 181 g/mol. The van der Waals surface area contributed by atoms with E-state index in [1.165, 1.54) is 17.1 Å². The van der Waals surface area contributed by atoms with Gasteiger partial charge in [-0.05, 0) is 0 Å². The molecule has 0 radical (unpaired) electrons. The number of aliphatic carboxylic acids is 1. The number of aliphatic hydroxyl groups is 1. The van der Waals surface area contributed by atoms with E-state index in [0.717, 1.165) is 0 Å². The molecule has 1 heterocycles. The first-order valence-electron chi connectivity index (χ1n) is 3.46. The Morgan fingerprint density at radius 3 is 3.08 bits per heavy atom. The van der Waals surface area contributed by atoms with Crippen LogP contribution in [0.5, 0.6) is 0 Å². The molecule has 0 aliphatic carbocycles. The van der Waals surface area contributed by atoms with Gasteiger partial charge in [0.05, 0.1) is 19.1 Å². The molecule has 0 aliphatic rings. The zero-order valence-corrected chi connectivity index (χ0v) is 6.58. The lowest BCUT2D eigenvalue weighted by Crippen LogP contribution is -2.25. The lowest BCUT2D eigenvalue weighted by atomic mass is 10.3. The Bertz CT molecular complexity index is 352. The summed E-state index contributed by atoms with van der Waals surface area (Å²) in [6, 6.07) is 1.82. The second-order valence-corrected chi connectivity index (χ2v) is 2.40. The number of rotatable bonds is 3. The smallest absolute Gasteiger partial charge is 0.334 e. The predicted molar refractivity (Wildman–Crippen MR) is 40.6 cm³/mol. The molecule has 6 nitrogen and oxygen atoms in total. The Hall–Kier alpha value is -1.87. The van der Waals surface area contributed by atoms with Crippen molar-refractivity contribution in [1.29, 1.82) is 5.26 Å². The molecule has 1 aromatic rings. The van der Waals surface area contributed by atoms with Gasteiger partial charge in [-0.1, -0.05) is 0 Å². The molecular formula is C7H7N3O3. The van der Waals surface area contributed by atoms with Crippen molar-refractivity contribution in [3.8, 4) is 6.07 Å². The SMILES string of the molecule is N#Cc1cncn1C[C@@H](O)C(=O)O. The van der Waals surface area contributed by atoms with Gasteiger partial charge in [-0.2, -0.15) is 5.26 Å². The molecule has 1 rings (SSSR count). The summed E-state index contributed by atoms with van der Waals surface area (Å²) in [6.45, 7) is -0.168. The largest absolute Gasteiger partial charge is 0.479 e. The Morgan fingerprint density at radius 2 is 2.54 bits per heavy atom. The monoisotopic (exact) mass is 181 g/mol. The van der Waals surface area contributed by atoms with Crippen molar-refractivity contribution >= 4 is 5.97 Å². The van der Waals surface area contributed by atoms with E-state index < -0.39 is 12.1 Å². The summed E-state index contributed by atoms with van der Waals surface area (Å²) in [6.07, 6.45) is 1.08. The van der Waals surface area contributed by atoms with Gasteiger partial charge in [0.25, 0.3) is 0 Å². The van der Waals surface area contributed by atoms with Gasteiger partial charge in [0, 0.05) is 0 Å². The van der Waals surface area contributed by atoms with Gasteiger partial charge in [0.15, 0.2) is 6.10 Å². The van der Waals surface area contributed by atoms with E-state index in [4.69, 9.17) is 15.5 Å². The summed E-state index contributed by atoms with van der Waals surface area (Å²) in [5.74, 6) is -1.32. The van der Waals surface area contributed by atoms with Gasteiger partial charge in [-0.25, -0.2) is 9.78 Å². The van der Waals surface area contributed by atoms with Gasteiger partial charge in [-0.3, -0.25) is 0 Å². The lowest BCUT2D eigenvalue weighted by Gasteiger charge is -2.06. The number of carboxylic acids is 1. The molecule has 0 unspecified atom stereocenters. The van der Waals surface area contributed by atoms with Crippen LogP contribution in [0.15, 0.2) is 12.5 Å². The van der Waals surface area contributed by atoms with Crippen LogP contribution in [0.4, 0.5) is 0 Å². The average Bonchev–Trinajstić information content (AvgIpc) is 2.51. The molecule has 1 atom stereocenters. The van der Waals surface area contributed by atoms with Crippen molar-refractivity contribution in [2.75, 3.05) is 0 Å². The number of carboxylic acid groups (broad SMARTS) is 1. The molecule has 6 heteroatoms. The van der Waals surface area contributed by atoms with E-state index in [9.17, 15) is 4.79 Å². The molecule has 1 aromatic heterocycles. The zero-order chi connectivity index (χ0) is 9.84. The summed E-state index contributed by atoms with van der Waals surface area (Å²) >= 11 is 0. The van der Waals surface area contributed by atoms with Crippen LogP contribution in [0, 0.1) is 11.3 Å². The third kappa shape index (κ3) is 2.04. The van der Waals surface area contributed by atoms with E-state index in [1.807, 2.05) is 6.07 Å². The Labute approximate surface area is 73.7 Å². The molecule has 0 spiro atoms. The zero-order valence-electron chi connectivity index (χ0n) is 6.58. The first-order valence-corrected chi connectivity index (χ1v) is 3.46. The van der Waals surface area contributed by atoms with Crippen molar-refractivity contribution in [2.45, 2.75) is 12.6 Å². The summed E-state index contributed by atoms with van der Waals surface area (Å²) in [7, 11) is 0. The van der Waals surface area contributed by atoms with Gasteiger partial charge in [-0.15, -0.1) is 0 Å². The second-order valence-electron chi connectivity index (χ2n) is 2.40. The van der Waals surface area contributed by atoms with Crippen molar-refractivity contribution < 1.29 is 15.0 Å². The molecule has 0 fully saturated rings. The molecule has 0 aromatic carbocycles. The van der Waals surface area contributed by atoms with Crippen LogP contribution in [-0.2, 0) is 11.3 Å². The van der Waals surface area contributed by atoms with Gasteiger partial charge < -0.3 is 14.8 Å². The number of nitriles is 1. The van der Waals surface area contributed by atoms with Crippen LogP contribution in [0.25, 0.3) is 0 Å². The number of nitrogens with zero attached hydrogens (tertiary/aromatic N) is 3. The van der Waals surface area contributed by atoms with E-state index >= 15 is 0 Å². The molecule has 0 saturated carbocycles. The Kier molecular flexibility index (Phi) is 2.62. The van der Waals surface area contributed by atoms with Crippen LogP contribution in [0.1, 0.15) is 5.69 Å². The number of imidazole rings is 1. The Morgan fingerprint density at radius 1 is 1.85 bits per heavy atom. The fourth-order valence-electron chi connectivity index (χ4n) is 0.824. The van der Waals surface area contributed by atoms with Gasteiger partial charge in [0.2, 0.25) is 0 Å². The van der Waals surface area contributed by atoms with Crippen molar-refractivity contribution in [2.24, 2.45) is 0 Å². The summed E-state index contributed by atoms with van der Waals surface area (Å²) < 4.78 is 1.28. The molecule has 0 aliphatic heterocycles. The highest BCUT2D eigenvalue weighted by atomic mass is 16.4. The first-order chi connectivity index (χ1) is 6.15.